The molecule has 0 bridgehead atoms. The van der Waals surface area contributed by atoms with Crippen molar-refractivity contribution in [1.29, 1.82) is 5.26 Å². The number of amides is 2. The molecular weight excluding hydrogens is 463 g/mol. The van der Waals surface area contributed by atoms with Gasteiger partial charge in [0.2, 0.25) is 11.8 Å². The number of hydrogen-bond acceptors (Lipinski definition) is 4. The summed E-state index contributed by atoms with van der Waals surface area (Å²) in [5, 5.41) is 11.8. The van der Waals surface area contributed by atoms with Crippen LogP contribution in [0, 0.1) is 24.2 Å². The molecule has 0 fully saturated rings. The maximum atomic E-state index is 13.0. The van der Waals surface area contributed by atoms with Crippen LogP contribution in [0.4, 0.5) is 18.9 Å². The van der Waals surface area contributed by atoms with E-state index in [1.54, 1.807) is 0 Å². The Morgan fingerprint density at radius 3 is 2.59 bits per heavy atom. The molecule has 1 N–H and O–H groups in total. The second kappa shape index (κ2) is 9.76. The molecule has 2 atom stereocenters. The highest BCUT2D eigenvalue weighted by Crippen LogP contribution is 2.37. The van der Waals surface area contributed by atoms with E-state index >= 15 is 0 Å². The normalized spacial score (nSPS) is 18.6. The number of anilines is 1. The highest BCUT2D eigenvalue weighted by atomic mass is 35.5. The van der Waals surface area contributed by atoms with Crippen molar-refractivity contribution >= 4 is 45.9 Å². The molecule has 0 aromatic heterocycles. The molecule has 0 aliphatic carbocycles. The van der Waals surface area contributed by atoms with E-state index in [1.165, 1.54) is 6.07 Å². The van der Waals surface area contributed by atoms with Crippen LogP contribution in [0.15, 0.2) is 47.5 Å². The molecule has 2 aromatic rings. The third-order valence-electron chi connectivity index (χ3n) is 4.85. The van der Waals surface area contributed by atoms with Crippen LogP contribution in [0.2, 0.25) is 5.02 Å². The Kier molecular flexibility index (Phi) is 7.26. The Bertz CT molecular complexity index is 1110. The van der Waals surface area contributed by atoms with Crippen molar-refractivity contribution in [3.63, 3.8) is 0 Å². The minimum atomic E-state index is -4.66. The van der Waals surface area contributed by atoms with Crippen molar-refractivity contribution in [2.75, 3.05) is 11.1 Å². The van der Waals surface area contributed by atoms with Gasteiger partial charge in [0, 0.05) is 18.0 Å². The SMILES string of the molecule is Cc1ccc(C2CC(=O)N=C(SCC(=O)Nc3ccc(Cl)c(C(F)(F)F)c3)C2C#N)cc1. The molecule has 5 nitrogen and oxygen atoms in total. The minimum Gasteiger partial charge on any atom is -0.325 e. The molecule has 32 heavy (non-hydrogen) atoms. The van der Waals surface area contributed by atoms with Gasteiger partial charge in [0.25, 0.3) is 0 Å². The van der Waals surface area contributed by atoms with Gasteiger partial charge in [-0.15, -0.1) is 0 Å². The van der Waals surface area contributed by atoms with Crippen LogP contribution in [0.3, 0.4) is 0 Å². The fraction of sp³-hybridized carbons (Fsp3) is 0.273. The molecule has 0 spiro atoms. The average molecular weight is 480 g/mol. The van der Waals surface area contributed by atoms with Crippen LogP contribution in [0.1, 0.15) is 29.0 Å². The topological polar surface area (TPSA) is 82.3 Å². The second-order valence-electron chi connectivity index (χ2n) is 7.20. The Balaban J connectivity index is 1.70. The predicted molar refractivity (Wildman–Crippen MR) is 118 cm³/mol. The number of halogens is 4. The third-order valence-corrected chi connectivity index (χ3v) is 6.23. The summed E-state index contributed by atoms with van der Waals surface area (Å²) in [7, 11) is 0. The third kappa shape index (κ3) is 5.69. The van der Waals surface area contributed by atoms with E-state index in [9.17, 15) is 28.0 Å². The van der Waals surface area contributed by atoms with Crippen molar-refractivity contribution in [3.8, 4) is 6.07 Å². The van der Waals surface area contributed by atoms with E-state index < -0.39 is 34.5 Å². The first-order valence-electron chi connectivity index (χ1n) is 9.45. The number of nitrogens with one attached hydrogen (secondary N) is 1. The lowest BCUT2D eigenvalue weighted by Gasteiger charge is -2.26. The first-order valence-corrected chi connectivity index (χ1v) is 10.8. The Morgan fingerprint density at radius 2 is 1.97 bits per heavy atom. The van der Waals surface area contributed by atoms with Gasteiger partial charge in [-0.3, -0.25) is 9.59 Å². The summed E-state index contributed by atoms with van der Waals surface area (Å²) in [6.07, 6.45) is -4.57. The number of carbonyl (C=O) groups excluding carboxylic acids is 2. The highest BCUT2D eigenvalue weighted by Gasteiger charge is 2.35. The lowest BCUT2D eigenvalue weighted by atomic mass is 9.83. The largest absolute Gasteiger partial charge is 0.417 e. The van der Waals surface area contributed by atoms with Crippen LogP contribution in [0.5, 0.6) is 0 Å². The van der Waals surface area contributed by atoms with Crippen LogP contribution in [-0.4, -0.2) is 22.6 Å². The molecule has 2 amide bonds. The zero-order chi connectivity index (χ0) is 23.5. The number of carbonyl (C=O) groups is 2. The van der Waals surface area contributed by atoms with Crippen molar-refractivity contribution in [2.45, 2.75) is 25.4 Å². The molecular formula is C22H17ClF3N3O2S. The maximum absolute atomic E-state index is 13.0. The maximum Gasteiger partial charge on any atom is 0.417 e. The Labute approximate surface area is 191 Å². The van der Waals surface area contributed by atoms with E-state index in [0.29, 0.717) is 0 Å². The highest BCUT2D eigenvalue weighted by molar-refractivity contribution is 8.14. The zero-order valence-electron chi connectivity index (χ0n) is 16.7. The molecule has 0 radical (unpaired) electrons. The molecule has 0 saturated heterocycles. The molecule has 2 unspecified atom stereocenters. The second-order valence-corrected chi connectivity index (χ2v) is 8.60. The summed E-state index contributed by atoms with van der Waals surface area (Å²) >= 11 is 6.51. The lowest BCUT2D eigenvalue weighted by molar-refractivity contribution is -0.137. The standard InChI is InChI=1S/C22H17ClF3N3O2S/c1-12-2-4-13(5-3-12)15-9-19(30)29-21(16(15)10-27)32-11-20(31)28-14-6-7-18(23)17(8-14)22(24,25)26/h2-8,15-16H,9,11H2,1H3,(H,28,31). The molecule has 2 aromatic carbocycles. The number of rotatable bonds is 4. The molecule has 3 rings (SSSR count). The number of alkyl halides is 3. The van der Waals surface area contributed by atoms with E-state index in [-0.39, 0.29) is 28.8 Å². The van der Waals surface area contributed by atoms with Crippen molar-refractivity contribution in [2.24, 2.45) is 10.9 Å². The van der Waals surface area contributed by atoms with E-state index in [2.05, 4.69) is 16.4 Å². The number of hydrogen-bond donors (Lipinski definition) is 1. The van der Waals surface area contributed by atoms with Gasteiger partial charge in [-0.1, -0.05) is 53.2 Å². The molecule has 1 aliphatic heterocycles. The van der Waals surface area contributed by atoms with Crippen molar-refractivity contribution in [3.05, 3.63) is 64.2 Å². The van der Waals surface area contributed by atoms with Crippen molar-refractivity contribution < 1.29 is 22.8 Å². The number of nitrogens with zero attached hydrogens (tertiary/aromatic N) is 2. The lowest BCUT2D eigenvalue weighted by Crippen LogP contribution is -2.28. The van der Waals surface area contributed by atoms with Crippen LogP contribution in [0.25, 0.3) is 0 Å². The summed E-state index contributed by atoms with van der Waals surface area (Å²) in [4.78, 5) is 28.4. The van der Waals surface area contributed by atoms with E-state index in [1.807, 2.05) is 31.2 Å². The van der Waals surface area contributed by atoms with E-state index in [0.717, 1.165) is 35.0 Å². The van der Waals surface area contributed by atoms with Gasteiger partial charge in [0.05, 0.1) is 27.5 Å². The predicted octanol–water partition coefficient (Wildman–Crippen LogP) is 5.59. The van der Waals surface area contributed by atoms with Gasteiger partial charge in [-0.05, 0) is 30.7 Å². The van der Waals surface area contributed by atoms with Gasteiger partial charge in [0.15, 0.2) is 0 Å². The first-order chi connectivity index (χ1) is 15.1. The number of nitriles is 1. The minimum absolute atomic E-state index is 0.0663. The summed E-state index contributed by atoms with van der Waals surface area (Å²) in [5.41, 5.74) is 0.745. The monoisotopic (exact) mass is 479 g/mol. The van der Waals surface area contributed by atoms with Gasteiger partial charge >= 0.3 is 6.18 Å². The number of benzene rings is 2. The quantitative estimate of drug-likeness (QED) is 0.619. The van der Waals surface area contributed by atoms with Crippen molar-refractivity contribution in [1.82, 2.24) is 0 Å². The summed E-state index contributed by atoms with van der Waals surface area (Å²) in [5.74, 6) is -2.32. The average Bonchev–Trinajstić information content (AvgIpc) is 2.73. The molecule has 10 heteroatoms. The molecule has 1 heterocycles. The van der Waals surface area contributed by atoms with E-state index in [4.69, 9.17) is 11.6 Å². The molecule has 166 valence electrons. The smallest absolute Gasteiger partial charge is 0.325 e. The molecule has 1 aliphatic rings. The summed E-state index contributed by atoms with van der Waals surface area (Å²) in [6, 6.07) is 12.7. The fourth-order valence-electron chi connectivity index (χ4n) is 3.26. The van der Waals surface area contributed by atoms with Gasteiger partial charge in [-0.2, -0.15) is 18.4 Å². The van der Waals surface area contributed by atoms with Gasteiger partial charge in [0.1, 0.15) is 5.92 Å². The Hall–Kier alpha value is -2.83. The van der Waals surface area contributed by atoms with Crippen LogP contribution in [-0.2, 0) is 15.8 Å². The fourth-order valence-corrected chi connectivity index (χ4v) is 4.40. The number of aryl methyl sites for hydroxylation is 1. The van der Waals surface area contributed by atoms with Gasteiger partial charge < -0.3 is 5.32 Å². The summed E-state index contributed by atoms with van der Waals surface area (Å²) < 4.78 is 39.0. The number of aliphatic imine (C=N–C) groups is 1. The zero-order valence-corrected chi connectivity index (χ0v) is 18.3. The number of thioether (sulfide) groups is 1. The Morgan fingerprint density at radius 1 is 1.28 bits per heavy atom. The summed E-state index contributed by atoms with van der Waals surface area (Å²) in [6.45, 7) is 1.93. The molecule has 0 saturated carbocycles. The first kappa shape index (κ1) is 23.8. The van der Waals surface area contributed by atoms with Crippen LogP contribution < -0.4 is 5.32 Å². The van der Waals surface area contributed by atoms with Gasteiger partial charge in [-0.25, -0.2) is 4.99 Å². The van der Waals surface area contributed by atoms with Crippen LogP contribution >= 0.6 is 23.4 Å².